The number of hydrogen-bond donors (Lipinski definition) is 2. The van der Waals surface area contributed by atoms with Gasteiger partial charge in [0.05, 0.1) is 0 Å². The Balaban J connectivity index is 1.75. The molecule has 1 saturated heterocycles. The number of hydrogen-bond acceptors (Lipinski definition) is 3. The molecule has 1 heterocycles. The Labute approximate surface area is 116 Å². The van der Waals surface area contributed by atoms with E-state index in [9.17, 15) is 4.79 Å². The fourth-order valence-corrected chi connectivity index (χ4v) is 3.57. The summed E-state index contributed by atoms with van der Waals surface area (Å²) in [5, 5.41) is 6.93. The van der Waals surface area contributed by atoms with Gasteiger partial charge in [-0.15, -0.1) is 0 Å². The molecule has 2 rings (SSSR count). The van der Waals surface area contributed by atoms with Gasteiger partial charge in [-0.2, -0.15) is 0 Å². The smallest absolute Gasteiger partial charge is 0.220 e. The molecule has 2 fully saturated rings. The van der Waals surface area contributed by atoms with Gasteiger partial charge in [-0.05, 0) is 38.6 Å². The average Bonchev–Trinajstić information content (AvgIpc) is 2.40. The molecule has 1 unspecified atom stereocenters. The first kappa shape index (κ1) is 14.8. The Morgan fingerprint density at radius 2 is 2.16 bits per heavy atom. The molecule has 0 aromatic rings. The van der Waals surface area contributed by atoms with Crippen molar-refractivity contribution in [2.75, 3.05) is 20.3 Å². The minimum atomic E-state index is 0.190. The number of carbonyl (C=O) groups is 1. The Kier molecular flexibility index (Phi) is 5.64. The molecular formula is C15H28N2O2. The van der Waals surface area contributed by atoms with Gasteiger partial charge in [0.25, 0.3) is 0 Å². The van der Waals surface area contributed by atoms with E-state index < -0.39 is 0 Å². The second kappa shape index (κ2) is 7.25. The van der Waals surface area contributed by atoms with E-state index >= 15 is 0 Å². The zero-order valence-corrected chi connectivity index (χ0v) is 12.2. The van der Waals surface area contributed by atoms with Crippen LogP contribution in [0.5, 0.6) is 0 Å². The highest BCUT2D eigenvalue weighted by Crippen LogP contribution is 2.34. The number of methoxy groups -OCH3 is 1. The van der Waals surface area contributed by atoms with Gasteiger partial charge >= 0.3 is 0 Å². The minimum absolute atomic E-state index is 0.190. The summed E-state index contributed by atoms with van der Waals surface area (Å²) in [4.78, 5) is 11.9. The number of piperidine rings is 1. The summed E-state index contributed by atoms with van der Waals surface area (Å²) in [5.74, 6) is 0.190. The molecule has 110 valence electrons. The predicted octanol–water partition coefficient (Wildman–Crippen LogP) is 1.98. The summed E-state index contributed by atoms with van der Waals surface area (Å²) < 4.78 is 4.98. The van der Waals surface area contributed by atoms with E-state index in [1.165, 1.54) is 32.1 Å². The lowest BCUT2D eigenvalue weighted by atomic mass is 9.75. The van der Waals surface area contributed by atoms with Gasteiger partial charge in [0.15, 0.2) is 0 Å². The van der Waals surface area contributed by atoms with Gasteiger partial charge in [0.1, 0.15) is 0 Å². The molecule has 4 nitrogen and oxygen atoms in total. The van der Waals surface area contributed by atoms with Crippen LogP contribution < -0.4 is 10.6 Å². The molecule has 1 atom stereocenters. The van der Waals surface area contributed by atoms with Gasteiger partial charge in [0.2, 0.25) is 5.91 Å². The van der Waals surface area contributed by atoms with Crippen LogP contribution in [-0.4, -0.2) is 37.7 Å². The quantitative estimate of drug-likeness (QED) is 0.750. The van der Waals surface area contributed by atoms with Crippen LogP contribution in [0.1, 0.15) is 57.8 Å². The lowest BCUT2D eigenvalue weighted by Gasteiger charge is -2.44. The van der Waals surface area contributed by atoms with E-state index in [0.717, 1.165) is 25.8 Å². The van der Waals surface area contributed by atoms with Gasteiger partial charge < -0.3 is 15.4 Å². The Bertz CT molecular complexity index is 282. The van der Waals surface area contributed by atoms with Crippen LogP contribution >= 0.6 is 0 Å². The molecule has 1 saturated carbocycles. The zero-order chi connectivity index (χ0) is 13.6. The lowest BCUT2D eigenvalue weighted by Crippen LogP contribution is -2.57. The second-order valence-electron chi connectivity index (χ2n) is 6.12. The van der Waals surface area contributed by atoms with E-state index in [1.54, 1.807) is 7.11 Å². The second-order valence-corrected chi connectivity index (χ2v) is 6.12. The van der Waals surface area contributed by atoms with E-state index in [0.29, 0.717) is 24.6 Å². The van der Waals surface area contributed by atoms with Crippen LogP contribution in [0.15, 0.2) is 0 Å². The van der Waals surface area contributed by atoms with Crippen LogP contribution in [0.3, 0.4) is 0 Å². The third-order valence-corrected chi connectivity index (χ3v) is 4.56. The number of ether oxygens (including phenoxy) is 1. The van der Waals surface area contributed by atoms with Gasteiger partial charge in [-0.3, -0.25) is 4.79 Å². The van der Waals surface area contributed by atoms with Crippen LogP contribution in [0, 0.1) is 0 Å². The van der Waals surface area contributed by atoms with E-state index in [2.05, 4.69) is 10.6 Å². The molecule has 4 heteroatoms. The topological polar surface area (TPSA) is 50.4 Å². The summed E-state index contributed by atoms with van der Waals surface area (Å²) in [7, 11) is 1.68. The maximum Gasteiger partial charge on any atom is 0.220 e. The highest BCUT2D eigenvalue weighted by molar-refractivity contribution is 5.76. The molecular weight excluding hydrogens is 240 g/mol. The van der Waals surface area contributed by atoms with Crippen molar-refractivity contribution in [1.29, 1.82) is 0 Å². The van der Waals surface area contributed by atoms with Crippen molar-refractivity contribution >= 4 is 5.91 Å². The van der Waals surface area contributed by atoms with E-state index in [4.69, 9.17) is 4.74 Å². The first-order valence-electron chi connectivity index (χ1n) is 7.77. The molecule has 2 aliphatic rings. The number of amides is 1. The van der Waals surface area contributed by atoms with Crippen molar-refractivity contribution in [2.45, 2.75) is 69.4 Å². The third kappa shape index (κ3) is 4.46. The molecule has 19 heavy (non-hydrogen) atoms. The maximum atomic E-state index is 11.9. The van der Waals surface area contributed by atoms with Crippen molar-refractivity contribution in [3.8, 4) is 0 Å². The van der Waals surface area contributed by atoms with Crippen LogP contribution in [0.4, 0.5) is 0 Å². The maximum absolute atomic E-state index is 11.9. The Hall–Kier alpha value is -0.610. The van der Waals surface area contributed by atoms with Crippen molar-refractivity contribution in [2.24, 2.45) is 0 Å². The first-order valence-corrected chi connectivity index (χ1v) is 7.77. The largest absolute Gasteiger partial charge is 0.385 e. The highest BCUT2D eigenvalue weighted by atomic mass is 16.5. The highest BCUT2D eigenvalue weighted by Gasteiger charge is 2.37. The normalized spacial score (nSPS) is 26.3. The summed E-state index contributed by atoms with van der Waals surface area (Å²) >= 11 is 0. The number of carbonyl (C=O) groups excluding carboxylic acids is 1. The van der Waals surface area contributed by atoms with Crippen LogP contribution in [0.2, 0.25) is 0 Å². The van der Waals surface area contributed by atoms with Crippen molar-refractivity contribution in [3.05, 3.63) is 0 Å². The van der Waals surface area contributed by atoms with Crippen molar-refractivity contribution < 1.29 is 9.53 Å². The van der Waals surface area contributed by atoms with E-state index in [-0.39, 0.29) is 5.91 Å². The fraction of sp³-hybridized carbons (Fsp3) is 0.933. The number of rotatable bonds is 5. The lowest BCUT2D eigenvalue weighted by molar-refractivity contribution is -0.122. The molecule has 0 aromatic heterocycles. The third-order valence-electron chi connectivity index (χ3n) is 4.56. The van der Waals surface area contributed by atoms with Gasteiger partial charge in [-0.1, -0.05) is 19.3 Å². The standard InChI is InChI=1S/C15H28N2O2/c1-19-11-5-6-14(18)17-13-7-10-16-15(12-13)8-3-2-4-9-15/h13,16H,2-12H2,1H3,(H,17,18). The molecule has 1 aliphatic heterocycles. The van der Waals surface area contributed by atoms with E-state index in [1.807, 2.05) is 0 Å². The molecule has 0 radical (unpaired) electrons. The van der Waals surface area contributed by atoms with Gasteiger partial charge in [0, 0.05) is 31.7 Å². The Morgan fingerprint density at radius 3 is 2.89 bits per heavy atom. The summed E-state index contributed by atoms with van der Waals surface area (Å²) in [6, 6.07) is 0.370. The van der Waals surface area contributed by atoms with Crippen LogP contribution in [-0.2, 0) is 9.53 Å². The Morgan fingerprint density at radius 1 is 1.37 bits per heavy atom. The predicted molar refractivity (Wildman–Crippen MR) is 76.1 cm³/mol. The SMILES string of the molecule is COCCCC(=O)NC1CCNC2(CCCCC2)C1. The molecule has 0 bridgehead atoms. The fourth-order valence-electron chi connectivity index (χ4n) is 3.57. The monoisotopic (exact) mass is 268 g/mol. The zero-order valence-electron chi connectivity index (χ0n) is 12.2. The molecule has 0 aromatic carbocycles. The minimum Gasteiger partial charge on any atom is -0.385 e. The molecule has 2 N–H and O–H groups in total. The summed E-state index contributed by atoms with van der Waals surface area (Å²) in [6.45, 7) is 1.71. The summed E-state index contributed by atoms with van der Waals surface area (Å²) in [6.07, 6.45) is 10.2. The molecule has 1 amide bonds. The average molecular weight is 268 g/mol. The van der Waals surface area contributed by atoms with Gasteiger partial charge in [-0.25, -0.2) is 0 Å². The molecule has 1 spiro atoms. The van der Waals surface area contributed by atoms with Crippen molar-refractivity contribution in [3.63, 3.8) is 0 Å². The molecule has 1 aliphatic carbocycles. The van der Waals surface area contributed by atoms with Crippen LogP contribution in [0.25, 0.3) is 0 Å². The first-order chi connectivity index (χ1) is 9.24. The summed E-state index contributed by atoms with van der Waals surface area (Å²) in [5.41, 5.74) is 0.320. The number of nitrogens with one attached hydrogen (secondary N) is 2. The van der Waals surface area contributed by atoms with Crippen molar-refractivity contribution in [1.82, 2.24) is 10.6 Å².